The number of hydrogen-bond acceptors (Lipinski definition) is 2. The monoisotopic (exact) mass is 224 g/mol. The van der Waals surface area contributed by atoms with Crippen molar-refractivity contribution in [1.29, 1.82) is 0 Å². The van der Waals surface area contributed by atoms with Crippen LogP contribution in [0.4, 0.5) is 0 Å². The molecule has 0 aromatic carbocycles. The van der Waals surface area contributed by atoms with Crippen LogP contribution in [0.1, 0.15) is 46.0 Å². The Balaban J connectivity index is 1.76. The molecular weight excluding hydrogens is 196 g/mol. The quantitative estimate of drug-likeness (QED) is 0.792. The zero-order valence-electron chi connectivity index (χ0n) is 11.2. The second-order valence-electron chi connectivity index (χ2n) is 6.24. The van der Waals surface area contributed by atoms with Crippen LogP contribution >= 0.6 is 0 Å². The minimum atomic E-state index is 0.707. The molecule has 0 aromatic heterocycles. The first-order valence-electron chi connectivity index (χ1n) is 7.09. The Morgan fingerprint density at radius 2 is 2.06 bits per heavy atom. The molecule has 1 N–H and O–H groups in total. The van der Waals surface area contributed by atoms with Crippen molar-refractivity contribution in [2.75, 3.05) is 20.1 Å². The van der Waals surface area contributed by atoms with Crippen molar-refractivity contribution in [3.8, 4) is 0 Å². The Morgan fingerprint density at radius 3 is 2.69 bits per heavy atom. The van der Waals surface area contributed by atoms with E-state index in [2.05, 4.69) is 31.1 Å². The number of rotatable bonds is 3. The zero-order chi connectivity index (χ0) is 11.5. The topological polar surface area (TPSA) is 15.3 Å². The van der Waals surface area contributed by atoms with Crippen LogP contribution in [0.3, 0.4) is 0 Å². The van der Waals surface area contributed by atoms with Crippen LogP contribution in [-0.2, 0) is 0 Å². The van der Waals surface area contributed by atoms with E-state index in [1.54, 1.807) is 0 Å². The first-order chi connectivity index (χ1) is 7.65. The van der Waals surface area contributed by atoms with Crippen molar-refractivity contribution in [1.82, 2.24) is 10.2 Å². The Hall–Kier alpha value is -0.0800. The lowest BCUT2D eigenvalue weighted by Gasteiger charge is -2.35. The second kappa shape index (κ2) is 5.50. The first-order valence-corrected chi connectivity index (χ1v) is 7.09. The highest BCUT2D eigenvalue weighted by Crippen LogP contribution is 2.26. The van der Waals surface area contributed by atoms with Gasteiger partial charge in [0, 0.05) is 18.6 Å². The fourth-order valence-electron chi connectivity index (χ4n) is 3.48. The Morgan fingerprint density at radius 1 is 1.25 bits per heavy atom. The van der Waals surface area contributed by atoms with Crippen LogP contribution in [0, 0.1) is 11.8 Å². The number of nitrogens with zero attached hydrogens (tertiary/aromatic N) is 1. The maximum Gasteiger partial charge on any atom is 0.00818 e. The molecule has 1 heterocycles. The van der Waals surface area contributed by atoms with Crippen molar-refractivity contribution < 1.29 is 0 Å². The van der Waals surface area contributed by atoms with Crippen LogP contribution in [0.25, 0.3) is 0 Å². The Bertz CT molecular complexity index is 217. The van der Waals surface area contributed by atoms with E-state index in [0.29, 0.717) is 6.04 Å². The van der Waals surface area contributed by atoms with Gasteiger partial charge in [-0.3, -0.25) is 0 Å². The highest BCUT2D eigenvalue weighted by Gasteiger charge is 2.27. The molecule has 2 nitrogen and oxygen atoms in total. The molecule has 0 aromatic rings. The third-order valence-electron chi connectivity index (χ3n) is 4.56. The summed E-state index contributed by atoms with van der Waals surface area (Å²) >= 11 is 0. The van der Waals surface area contributed by atoms with Gasteiger partial charge in [0.25, 0.3) is 0 Å². The molecule has 0 amide bonds. The molecule has 94 valence electrons. The zero-order valence-corrected chi connectivity index (χ0v) is 11.2. The first kappa shape index (κ1) is 12.4. The van der Waals surface area contributed by atoms with E-state index in [9.17, 15) is 0 Å². The van der Waals surface area contributed by atoms with Gasteiger partial charge in [-0.15, -0.1) is 0 Å². The normalized spacial score (nSPS) is 38.8. The molecule has 2 heteroatoms. The standard InChI is InChI=1S/C14H28N2/c1-11-6-7-14(9-11)15-12(2)13-5-4-8-16(3)10-13/h11-15H,4-10H2,1-3H3. The van der Waals surface area contributed by atoms with E-state index in [4.69, 9.17) is 0 Å². The fourth-order valence-corrected chi connectivity index (χ4v) is 3.48. The van der Waals surface area contributed by atoms with Crippen LogP contribution < -0.4 is 5.32 Å². The molecule has 1 saturated heterocycles. The predicted octanol–water partition coefficient (Wildman–Crippen LogP) is 2.49. The largest absolute Gasteiger partial charge is 0.311 e. The summed E-state index contributed by atoms with van der Waals surface area (Å²) in [4.78, 5) is 2.49. The molecule has 2 fully saturated rings. The van der Waals surface area contributed by atoms with E-state index in [1.165, 1.54) is 45.2 Å². The van der Waals surface area contributed by atoms with E-state index in [0.717, 1.165) is 17.9 Å². The van der Waals surface area contributed by atoms with E-state index in [-0.39, 0.29) is 0 Å². The number of likely N-dealkylation sites (tertiary alicyclic amines) is 1. The smallest absolute Gasteiger partial charge is 0.00818 e. The van der Waals surface area contributed by atoms with Gasteiger partial charge in [-0.05, 0) is 64.5 Å². The Kier molecular flexibility index (Phi) is 4.26. The van der Waals surface area contributed by atoms with Crippen molar-refractivity contribution in [3.05, 3.63) is 0 Å². The van der Waals surface area contributed by atoms with E-state index < -0.39 is 0 Å². The number of piperidine rings is 1. The SMILES string of the molecule is CC1CCC(NC(C)C2CCCN(C)C2)C1. The molecule has 16 heavy (non-hydrogen) atoms. The van der Waals surface area contributed by atoms with Gasteiger partial charge in [0.1, 0.15) is 0 Å². The fraction of sp³-hybridized carbons (Fsp3) is 1.00. The van der Waals surface area contributed by atoms with E-state index >= 15 is 0 Å². The molecule has 0 bridgehead atoms. The number of hydrogen-bond donors (Lipinski definition) is 1. The average Bonchev–Trinajstić information content (AvgIpc) is 2.64. The number of nitrogens with one attached hydrogen (secondary N) is 1. The maximum atomic E-state index is 3.87. The Labute approximate surface area is 101 Å². The summed E-state index contributed by atoms with van der Waals surface area (Å²) in [5, 5.41) is 3.87. The molecule has 1 aliphatic heterocycles. The average molecular weight is 224 g/mol. The highest BCUT2D eigenvalue weighted by atomic mass is 15.1. The van der Waals surface area contributed by atoms with Gasteiger partial charge in [0.2, 0.25) is 0 Å². The molecular formula is C14H28N2. The van der Waals surface area contributed by atoms with Crippen molar-refractivity contribution in [3.63, 3.8) is 0 Å². The summed E-state index contributed by atoms with van der Waals surface area (Å²) < 4.78 is 0. The molecule has 1 aliphatic carbocycles. The summed E-state index contributed by atoms with van der Waals surface area (Å²) in [6.07, 6.45) is 7.02. The summed E-state index contributed by atoms with van der Waals surface area (Å²) in [6, 6.07) is 1.51. The predicted molar refractivity (Wildman–Crippen MR) is 69.6 cm³/mol. The lowest BCUT2D eigenvalue weighted by Crippen LogP contribution is -2.46. The van der Waals surface area contributed by atoms with Gasteiger partial charge in [-0.2, -0.15) is 0 Å². The van der Waals surface area contributed by atoms with Gasteiger partial charge in [0.15, 0.2) is 0 Å². The van der Waals surface area contributed by atoms with Crippen LogP contribution in [0.2, 0.25) is 0 Å². The second-order valence-corrected chi connectivity index (χ2v) is 6.24. The van der Waals surface area contributed by atoms with Gasteiger partial charge in [0.05, 0.1) is 0 Å². The molecule has 2 rings (SSSR count). The van der Waals surface area contributed by atoms with Crippen LogP contribution in [0.15, 0.2) is 0 Å². The van der Waals surface area contributed by atoms with Gasteiger partial charge < -0.3 is 10.2 Å². The van der Waals surface area contributed by atoms with Crippen molar-refractivity contribution >= 4 is 0 Å². The minimum absolute atomic E-state index is 0.707. The summed E-state index contributed by atoms with van der Waals surface area (Å²) in [5.74, 6) is 1.81. The molecule has 4 unspecified atom stereocenters. The lowest BCUT2D eigenvalue weighted by molar-refractivity contribution is 0.173. The summed E-state index contributed by atoms with van der Waals surface area (Å²) in [6.45, 7) is 7.37. The lowest BCUT2D eigenvalue weighted by atomic mass is 9.91. The molecule has 1 saturated carbocycles. The summed E-state index contributed by atoms with van der Waals surface area (Å²) in [5.41, 5.74) is 0. The third kappa shape index (κ3) is 3.21. The van der Waals surface area contributed by atoms with Crippen molar-refractivity contribution in [2.24, 2.45) is 11.8 Å². The van der Waals surface area contributed by atoms with Gasteiger partial charge >= 0.3 is 0 Å². The van der Waals surface area contributed by atoms with Gasteiger partial charge in [-0.25, -0.2) is 0 Å². The highest BCUT2D eigenvalue weighted by molar-refractivity contribution is 4.85. The molecule has 0 spiro atoms. The summed E-state index contributed by atoms with van der Waals surface area (Å²) in [7, 11) is 2.26. The third-order valence-corrected chi connectivity index (χ3v) is 4.56. The molecule has 2 aliphatic rings. The van der Waals surface area contributed by atoms with Crippen LogP contribution in [-0.4, -0.2) is 37.1 Å². The minimum Gasteiger partial charge on any atom is -0.311 e. The van der Waals surface area contributed by atoms with Crippen LogP contribution in [0.5, 0.6) is 0 Å². The molecule has 4 atom stereocenters. The molecule has 0 radical (unpaired) electrons. The van der Waals surface area contributed by atoms with Gasteiger partial charge in [-0.1, -0.05) is 6.92 Å². The maximum absolute atomic E-state index is 3.87. The van der Waals surface area contributed by atoms with E-state index in [1.807, 2.05) is 0 Å². The van der Waals surface area contributed by atoms with Crippen molar-refractivity contribution in [2.45, 2.75) is 58.0 Å².